The van der Waals surface area contributed by atoms with E-state index in [2.05, 4.69) is 12.3 Å². The van der Waals surface area contributed by atoms with E-state index in [9.17, 15) is 15.3 Å². The predicted molar refractivity (Wildman–Crippen MR) is 60.6 cm³/mol. The van der Waals surface area contributed by atoms with Crippen molar-refractivity contribution in [2.24, 2.45) is 0 Å². The zero-order valence-electron chi connectivity index (χ0n) is 9.68. The van der Waals surface area contributed by atoms with Crippen molar-refractivity contribution in [3.05, 3.63) is 12.3 Å². The first-order chi connectivity index (χ1) is 7.45. The van der Waals surface area contributed by atoms with Gasteiger partial charge in [0.2, 0.25) is 0 Å². The lowest BCUT2D eigenvalue weighted by Gasteiger charge is -2.14. The Morgan fingerprint density at radius 3 is 2.12 bits per heavy atom. The zero-order chi connectivity index (χ0) is 12.6. The highest BCUT2D eigenvalue weighted by Crippen LogP contribution is 2.11. The number of aliphatic hydroxyl groups excluding tert-OH is 4. The molecule has 0 radical (unpaired) electrons. The van der Waals surface area contributed by atoms with E-state index in [4.69, 9.17) is 5.11 Å². The minimum Gasteiger partial charge on any atom is -0.513 e. The van der Waals surface area contributed by atoms with Crippen LogP contribution in [0.15, 0.2) is 12.3 Å². The highest BCUT2D eigenvalue weighted by Gasteiger charge is 2.13. The van der Waals surface area contributed by atoms with Crippen LogP contribution in [-0.2, 0) is 0 Å². The zero-order valence-corrected chi connectivity index (χ0v) is 9.68. The maximum Gasteiger partial charge on any atom is 0.105 e. The molecule has 0 amide bonds. The topological polar surface area (TPSA) is 109 Å². The van der Waals surface area contributed by atoms with Crippen LogP contribution in [0.3, 0.4) is 0 Å². The molecule has 0 heterocycles. The Bertz CT molecular complexity index is 198. The highest BCUT2D eigenvalue weighted by molar-refractivity contribution is 4.82. The van der Waals surface area contributed by atoms with E-state index in [1.54, 1.807) is 0 Å². The van der Waals surface area contributed by atoms with Gasteiger partial charge in [-0.05, 0) is 19.3 Å². The Morgan fingerprint density at radius 2 is 1.62 bits per heavy atom. The summed E-state index contributed by atoms with van der Waals surface area (Å²) in [6.07, 6.45) is 0.480. The van der Waals surface area contributed by atoms with Crippen LogP contribution in [0.4, 0.5) is 0 Å². The molecule has 0 saturated heterocycles. The summed E-state index contributed by atoms with van der Waals surface area (Å²) in [4.78, 5) is 0. The fourth-order valence-electron chi connectivity index (χ4n) is 1.51. The average molecular weight is 234 g/mol. The number of hydrogen-bond acceptors (Lipinski definition) is 4. The number of hydrogen-bond donors (Lipinski definition) is 5. The minimum absolute atomic E-state index is 0.0273. The first-order valence-corrected chi connectivity index (χ1v) is 5.65. The third-order valence-corrected chi connectivity index (χ3v) is 2.42. The van der Waals surface area contributed by atoms with E-state index in [1.165, 1.54) is 0 Å². The second-order valence-corrected chi connectivity index (χ2v) is 4.19. The number of rotatable bonds is 9. The minimum atomic E-state index is -0.609. The summed E-state index contributed by atoms with van der Waals surface area (Å²) in [5.74, 6) is -0.0273. The third kappa shape index (κ3) is 8.67. The monoisotopic (exact) mass is 234 g/mol. The van der Waals surface area contributed by atoms with Crippen molar-refractivity contribution in [2.75, 3.05) is 6.54 Å². The lowest BCUT2D eigenvalue weighted by atomic mass is 10.0. The summed E-state index contributed by atoms with van der Waals surface area (Å²) in [6.45, 7) is 3.69. The van der Waals surface area contributed by atoms with E-state index >= 15 is 0 Å². The van der Waals surface area contributed by atoms with Crippen LogP contribution in [-0.4, -0.2) is 45.3 Å². The van der Waals surface area contributed by atoms with Gasteiger partial charge < -0.3 is 26.2 Å². The SMILES string of the molecule is C=C(O)CC(O)CCCC(O)CC(O)C[NH3+]. The van der Waals surface area contributed by atoms with Gasteiger partial charge in [0.25, 0.3) is 0 Å². The smallest absolute Gasteiger partial charge is 0.105 e. The first-order valence-electron chi connectivity index (χ1n) is 5.65. The summed E-state index contributed by atoms with van der Waals surface area (Å²) < 4.78 is 0. The Balaban J connectivity index is 3.53. The van der Waals surface area contributed by atoms with Crippen LogP contribution in [0.25, 0.3) is 0 Å². The molecule has 0 aromatic rings. The Morgan fingerprint density at radius 1 is 1.06 bits per heavy atom. The summed E-state index contributed by atoms with van der Waals surface area (Å²) >= 11 is 0. The van der Waals surface area contributed by atoms with Crippen molar-refractivity contribution in [1.29, 1.82) is 0 Å². The number of quaternary nitrogens is 1. The molecule has 5 nitrogen and oxygen atoms in total. The van der Waals surface area contributed by atoms with Gasteiger partial charge in [-0.3, -0.25) is 0 Å². The molecule has 96 valence electrons. The van der Waals surface area contributed by atoms with Crippen molar-refractivity contribution in [2.45, 2.75) is 50.4 Å². The molecule has 0 aliphatic rings. The second kappa shape index (κ2) is 8.52. The van der Waals surface area contributed by atoms with Gasteiger partial charge in [-0.25, -0.2) is 0 Å². The van der Waals surface area contributed by atoms with Crippen LogP contribution in [0.5, 0.6) is 0 Å². The van der Waals surface area contributed by atoms with Gasteiger partial charge in [0.1, 0.15) is 12.6 Å². The van der Waals surface area contributed by atoms with E-state index in [-0.39, 0.29) is 12.2 Å². The van der Waals surface area contributed by atoms with Crippen LogP contribution in [0, 0.1) is 0 Å². The van der Waals surface area contributed by atoms with Gasteiger partial charge in [0.05, 0.1) is 18.0 Å². The van der Waals surface area contributed by atoms with E-state index < -0.39 is 18.3 Å². The molecule has 16 heavy (non-hydrogen) atoms. The van der Waals surface area contributed by atoms with Crippen LogP contribution >= 0.6 is 0 Å². The summed E-state index contributed by atoms with van der Waals surface area (Å²) in [7, 11) is 0. The maximum absolute atomic E-state index is 9.51. The number of aliphatic hydroxyl groups is 4. The van der Waals surface area contributed by atoms with Gasteiger partial charge in [0.15, 0.2) is 0 Å². The molecule has 3 atom stereocenters. The first kappa shape index (κ1) is 15.4. The average Bonchev–Trinajstić information content (AvgIpc) is 2.16. The summed E-state index contributed by atoms with van der Waals surface area (Å²) in [5, 5.41) is 37.0. The van der Waals surface area contributed by atoms with Crippen molar-refractivity contribution in [3.63, 3.8) is 0 Å². The van der Waals surface area contributed by atoms with Gasteiger partial charge in [-0.1, -0.05) is 6.58 Å². The Labute approximate surface area is 96.2 Å². The molecule has 0 aromatic carbocycles. The normalized spacial score (nSPS) is 16.8. The Hall–Kier alpha value is -0.620. The molecule has 0 bridgehead atoms. The van der Waals surface area contributed by atoms with Gasteiger partial charge >= 0.3 is 0 Å². The fraction of sp³-hybridized carbons (Fsp3) is 0.818. The molecule has 0 aliphatic carbocycles. The maximum atomic E-state index is 9.51. The molecule has 0 saturated carbocycles. The molecular weight excluding hydrogens is 210 g/mol. The third-order valence-electron chi connectivity index (χ3n) is 2.42. The molecule has 0 spiro atoms. The summed E-state index contributed by atoms with van der Waals surface area (Å²) in [6, 6.07) is 0. The summed E-state index contributed by atoms with van der Waals surface area (Å²) in [5.41, 5.74) is 3.54. The largest absolute Gasteiger partial charge is 0.513 e. The molecule has 0 fully saturated rings. The standard InChI is InChI=1S/C11H23NO4/c1-8(13)5-9(14)3-2-4-10(15)6-11(16)7-12/h9-11,13-16H,1-7,12H2/p+1. The second-order valence-electron chi connectivity index (χ2n) is 4.19. The van der Waals surface area contributed by atoms with Gasteiger partial charge in [0, 0.05) is 12.8 Å². The van der Waals surface area contributed by atoms with E-state index in [0.717, 1.165) is 0 Å². The van der Waals surface area contributed by atoms with Crippen LogP contribution < -0.4 is 5.73 Å². The molecule has 0 aliphatic heterocycles. The lowest BCUT2D eigenvalue weighted by molar-refractivity contribution is -0.384. The molecule has 7 N–H and O–H groups in total. The molecule has 5 heteroatoms. The predicted octanol–water partition coefficient (Wildman–Crippen LogP) is -0.667. The van der Waals surface area contributed by atoms with E-state index in [1.807, 2.05) is 0 Å². The Kier molecular flexibility index (Phi) is 8.19. The quantitative estimate of drug-likeness (QED) is 0.341. The lowest BCUT2D eigenvalue weighted by Crippen LogP contribution is -2.56. The van der Waals surface area contributed by atoms with Gasteiger partial charge in [-0.15, -0.1) is 0 Å². The van der Waals surface area contributed by atoms with Crippen LogP contribution in [0.1, 0.15) is 32.1 Å². The van der Waals surface area contributed by atoms with Crippen molar-refractivity contribution in [3.8, 4) is 0 Å². The molecule has 3 unspecified atom stereocenters. The van der Waals surface area contributed by atoms with Gasteiger partial charge in [-0.2, -0.15) is 0 Å². The van der Waals surface area contributed by atoms with Crippen molar-refractivity contribution >= 4 is 0 Å². The molecule has 0 rings (SSSR count). The van der Waals surface area contributed by atoms with Crippen molar-refractivity contribution < 1.29 is 26.2 Å². The molecule has 0 aromatic heterocycles. The van der Waals surface area contributed by atoms with Crippen LogP contribution in [0.2, 0.25) is 0 Å². The fourth-order valence-corrected chi connectivity index (χ4v) is 1.51. The molecular formula is C11H24NO4+. The van der Waals surface area contributed by atoms with E-state index in [0.29, 0.717) is 32.2 Å². The highest BCUT2D eigenvalue weighted by atomic mass is 16.3. The van der Waals surface area contributed by atoms with Crippen molar-refractivity contribution in [1.82, 2.24) is 0 Å².